The van der Waals surface area contributed by atoms with Crippen molar-refractivity contribution in [1.29, 1.82) is 0 Å². The maximum atomic E-state index is 12.1. The summed E-state index contributed by atoms with van der Waals surface area (Å²) in [6.45, 7) is -0.0613. The van der Waals surface area contributed by atoms with Gasteiger partial charge in [0.15, 0.2) is 17.6 Å². The highest BCUT2D eigenvalue weighted by Gasteiger charge is 2.73. The Kier molecular flexibility index (Phi) is 4.07. The van der Waals surface area contributed by atoms with Crippen LogP contribution in [0, 0.1) is 0 Å². The Morgan fingerprint density at radius 3 is 2.52 bits per heavy atom. The molecule has 2 fully saturated rings. The van der Waals surface area contributed by atoms with E-state index >= 15 is 0 Å². The SMILES string of the molecule is NC1=N[C@H]2C(CN3C(=O)CCC3=O)N=C(N)N3CC(Nc4ncccn4)C(O)(O)[C@]23N1. The number of hydrogen-bond acceptors (Lipinski definition) is 13. The summed E-state index contributed by atoms with van der Waals surface area (Å²) in [5.74, 6) is -2.93. The molecular formula is C17H22N10O4. The highest BCUT2D eigenvalue weighted by molar-refractivity contribution is 6.02. The molecule has 14 nitrogen and oxygen atoms in total. The number of amides is 2. The number of carbonyl (C=O) groups is 2. The van der Waals surface area contributed by atoms with Gasteiger partial charge in [-0.15, -0.1) is 0 Å². The summed E-state index contributed by atoms with van der Waals surface area (Å²) in [6, 6.07) is -1.11. The summed E-state index contributed by atoms with van der Waals surface area (Å²) in [6.07, 6.45) is 3.28. The number of anilines is 1. The van der Waals surface area contributed by atoms with Gasteiger partial charge in [-0.1, -0.05) is 0 Å². The van der Waals surface area contributed by atoms with Crippen molar-refractivity contribution in [2.45, 2.75) is 42.4 Å². The Morgan fingerprint density at radius 1 is 1.16 bits per heavy atom. The number of carbonyl (C=O) groups excluding carboxylic acids is 2. The molecule has 4 aliphatic rings. The number of likely N-dealkylation sites (tertiary alicyclic amines) is 1. The van der Waals surface area contributed by atoms with Crippen molar-refractivity contribution >= 4 is 29.7 Å². The van der Waals surface area contributed by atoms with Crippen molar-refractivity contribution in [3.63, 3.8) is 0 Å². The first-order valence-electron chi connectivity index (χ1n) is 9.78. The van der Waals surface area contributed by atoms with Crippen LogP contribution >= 0.6 is 0 Å². The number of nitrogens with two attached hydrogens (primary N) is 2. The van der Waals surface area contributed by atoms with Gasteiger partial charge in [-0.25, -0.2) is 20.0 Å². The molecule has 1 aromatic rings. The maximum Gasteiger partial charge on any atom is 0.231 e. The summed E-state index contributed by atoms with van der Waals surface area (Å²) in [4.78, 5) is 43.7. The van der Waals surface area contributed by atoms with E-state index in [1.807, 2.05) is 0 Å². The Labute approximate surface area is 176 Å². The molecule has 31 heavy (non-hydrogen) atoms. The number of hydrogen-bond donors (Lipinski definition) is 6. The third-order valence-corrected chi connectivity index (χ3v) is 6.20. The third kappa shape index (κ3) is 2.64. The molecule has 2 saturated heterocycles. The molecule has 0 radical (unpaired) electrons. The zero-order chi connectivity index (χ0) is 22.0. The average Bonchev–Trinajstić information content (AvgIpc) is 3.32. The smallest absolute Gasteiger partial charge is 0.231 e. The fraction of sp³-hybridized carbons (Fsp3) is 0.529. The zero-order valence-corrected chi connectivity index (χ0v) is 16.3. The molecule has 4 aliphatic heterocycles. The van der Waals surface area contributed by atoms with Crippen LogP contribution in [0.3, 0.4) is 0 Å². The van der Waals surface area contributed by atoms with Crippen LogP contribution in [0.5, 0.6) is 0 Å². The monoisotopic (exact) mass is 430 g/mol. The molecule has 8 N–H and O–H groups in total. The van der Waals surface area contributed by atoms with Crippen molar-refractivity contribution in [1.82, 2.24) is 25.1 Å². The van der Waals surface area contributed by atoms with Crippen LogP contribution in [0.1, 0.15) is 12.8 Å². The van der Waals surface area contributed by atoms with Gasteiger partial charge in [0, 0.05) is 31.8 Å². The summed E-state index contributed by atoms with van der Waals surface area (Å²) in [5, 5.41) is 28.4. The molecular weight excluding hydrogens is 408 g/mol. The van der Waals surface area contributed by atoms with E-state index in [0.717, 1.165) is 4.90 Å². The second-order valence-electron chi connectivity index (χ2n) is 7.91. The van der Waals surface area contributed by atoms with Crippen LogP contribution in [-0.4, -0.2) is 96.4 Å². The molecule has 5 rings (SSSR count). The van der Waals surface area contributed by atoms with Gasteiger partial charge in [0.25, 0.3) is 0 Å². The van der Waals surface area contributed by atoms with Gasteiger partial charge in [-0.3, -0.25) is 14.5 Å². The number of guanidine groups is 2. The van der Waals surface area contributed by atoms with Crippen LogP contribution in [0.2, 0.25) is 0 Å². The molecule has 0 saturated carbocycles. The number of nitrogens with one attached hydrogen (secondary N) is 2. The number of aliphatic hydroxyl groups is 2. The van der Waals surface area contributed by atoms with Crippen LogP contribution in [-0.2, 0) is 9.59 Å². The molecule has 14 heteroatoms. The summed E-state index contributed by atoms with van der Waals surface area (Å²) < 4.78 is 0. The van der Waals surface area contributed by atoms with E-state index in [1.54, 1.807) is 6.07 Å². The van der Waals surface area contributed by atoms with Crippen LogP contribution in [0.15, 0.2) is 28.4 Å². The first kappa shape index (κ1) is 19.4. The average molecular weight is 430 g/mol. The molecule has 0 aromatic carbocycles. The molecule has 1 aromatic heterocycles. The highest BCUT2D eigenvalue weighted by atomic mass is 16.5. The Morgan fingerprint density at radius 2 is 1.84 bits per heavy atom. The van der Waals surface area contributed by atoms with Crippen LogP contribution in [0.25, 0.3) is 0 Å². The van der Waals surface area contributed by atoms with Crippen molar-refractivity contribution in [2.75, 3.05) is 18.4 Å². The minimum Gasteiger partial charge on any atom is -0.370 e. The van der Waals surface area contributed by atoms with E-state index in [0.29, 0.717) is 0 Å². The van der Waals surface area contributed by atoms with E-state index < -0.39 is 29.6 Å². The summed E-state index contributed by atoms with van der Waals surface area (Å²) in [7, 11) is 0. The van der Waals surface area contributed by atoms with Gasteiger partial charge in [0.1, 0.15) is 12.1 Å². The van der Waals surface area contributed by atoms with Gasteiger partial charge < -0.3 is 37.2 Å². The minimum atomic E-state index is -2.46. The van der Waals surface area contributed by atoms with Crippen molar-refractivity contribution in [3.05, 3.63) is 18.5 Å². The number of rotatable bonds is 4. The second kappa shape index (κ2) is 6.49. The van der Waals surface area contributed by atoms with Crippen molar-refractivity contribution in [2.24, 2.45) is 21.5 Å². The fourth-order valence-corrected chi connectivity index (χ4v) is 4.78. The third-order valence-electron chi connectivity index (χ3n) is 6.20. The number of aromatic nitrogens is 2. The van der Waals surface area contributed by atoms with E-state index in [4.69, 9.17) is 11.5 Å². The highest BCUT2D eigenvalue weighted by Crippen LogP contribution is 2.45. The van der Waals surface area contributed by atoms with Gasteiger partial charge >= 0.3 is 0 Å². The topological polar surface area (TPSA) is 208 Å². The number of nitrogens with zero attached hydrogens (tertiary/aromatic N) is 6. The lowest BCUT2D eigenvalue weighted by atomic mass is 9.85. The van der Waals surface area contributed by atoms with Crippen molar-refractivity contribution < 1.29 is 19.8 Å². The number of imide groups is 1. The predicted octanol–water partition coefficient (Wildman–Crippen LogP) is -3.92. The Hall–Kier alpha value is -3.52. The number of aliphatic imine (C=N–C) groups is 2. The molecule has 0 bridgehead atoms. The van der Waals surface area contributed by atoms with Gasteiger partial charge in [-0.05, 0) is 6.07 Å². The molecule has 4 atom stereocenters. The standard InChI is InChI=1S/C17H22N10O4/c18-13-24-12-8(6-26-10(28)2-3-11(26)29)22-14(19)27-7-9(17(30,31)16(12,27)25-13)23-15-20-4-1-5-21-15/h1,4-5,8-9,12,30-31H,2-3,6-7H2,(H2,19,22)(H3,18,24,25)(H,20,21,23)/t8?,9?,12-,16-/m0/s1. The fourth-order valence-electron chi connectivity index (χ4n) is 4.78. The largest absolute Gasteiger partial charge is 0.370 e. The molecule has 2 amide bonds. The molecule has 5 heterocycles. The van der Waals surface area contributed by atoms with Crippen LogP contribution in [0.4, 0.5) is 5.95 Å². The molecule has 164 valence electrons. The van der Waals surface area contributed by atoms with Crippen molar-refractivity contribution in [3.8, 4) is 0 Å². The van der Waals surface area contributed by atoms with Crippen LogP contribution < -0.4 is 22.1 Å². The second-order valence-corrected chi connectivity index (χ2v) is 7.91. The first-order chi connectivity index (χ1) is 14.7. The van der Waals surface area contributed by atoms with E-state index in [-0.39, 0.29) is 55.6 Å². The minimum absolute atomic E-state index is 0.00324. The molecule has 0 aliphatic carbocycles. The van der Waals surface area contributed by atoms with E-state index in [2.05, 4.69) is 30.6 Å². The summed E-state index contributed by atoms with van der Waals surface area (Å²) in [5.41, 5.74) is 10.5. The van der Waals surface area contributed by atoms with Gasteiger partial charge in [0.05, 0.1) is 12.6 Å². The Bertz CT molecular complexity index is 982. The predicted molar refractivity (Wildman–Crippen MR) is 106 cm³/mol. The van der Waals surface area contributed by atoms with E-state index in [9.17, 15) is 19.8 Å². The quantitative estimate of drug-likeness (QED) is 0.201. The maximum absolute atomic E-state index is 12.1. The molecule has 2 unspecified atom stereocenters. The first-order valence-corrected chi connectivity index (χ1v) is 9.78. The lowest BCUT2D eigenvalue weighted by Crippen LogP contribution is -2.78. The zero-order valence-electron chi connectivity index (χ0n) is 16.3. The normalized spacial score (nSPS) is 33.5. The van der Waals surface area contributed by atoms with Gasteiger partial charge in [0.2, 0.25) is 23.5 Å². The lowest BCUT2D eigenvalue weighted by Gasteiger charge is -2.49. The Balaban J connectivity index is 1.51. The van der Waals surface area contributed by atoms with E-state index in [1.165, 1.54) is 17.3 Å². The molecule has 1 spiro atoms. The lowest BCUT2D eigenvalue weighted by molar-refractivity contribution is -0.225. The summed E-state index contributed by atoms with van der Waals surface area (Å²) >= 11 is 0. The van der Waals surface area contributed by atoms with Gasteiger partial charge in [-0.2, -0.15) is 0 Å².